The Labute approximate surface area is 276 Å². The summed E-state index contributed by atoms with van der Waals surface area (Å²) in [6.45, 7) is 9.36. The molecule has 0 aromatic heterocycles. The van der Waals surface area contributed by atoms with E-state index < -0.39 is 29.3 Å². The van der Waals surface area contributed by atoms with Gasteiger partial charge in [0.15, 0.2) is 9.84 Å². The minimum absolute atomic E-state index is 0.0351. The van der Waals surface area contributed by atoms with Crippen LogP contribution in [0.15, 0.2) is 76.1 Å². The van der Waals surface area contributed by atoms with Crippen molar-refractivity contribution in [1.29, 1.82) is 0 Å². The number of anilines is 1. The molecule has 1 N–H and O–H groups in total. The Hall–Kier alpha value is -3.15. The van der Waals surface area contributed by atoms with Gasteiger partial charge in [0.25, 0.3) is 0 Å². The largest absolute Gasteiger partial charge is 0.489 e. The number of rotatable bonds is 14. The monoisotopic (exact) mass is 714 g/mol. The van der Waals surface area contributed by atoms with Gasteiger partial charge in [-0.25, -0.2) is 13.2 Å². The fourth-order valence-corrected chi connectivity index (χ4v) is 7.82. The van der Waals surface area contributed by atoms with Crippen LogP contribution in [0.4, 0.5) is 10.5 Å². The summed E-state index contributed by atoms with van der Waals surface area (Å²) in [5, 5.41) is 2.53. The van der Waals surface area contributed by atoms with Gasteiger partial charge in [-0.3, -0.25) is 4.79 Å². The molecule has 242 valence electrons. The Bertz CT molecular complexity index is 1610. The van der Waals surface area contributed by atoms with Crippen molar-refractivity contribution in [3.63, 3.8) is 0 Å². The molecule has 0 saturated heterocycles. The molecular weight excluding hydrogens is 672 g/mol. The SMILES string of the molecule is CC(CC(=O)Nc1ccc(S(=O)(=O)C2CC2)c(CN(C)C(=O)OCC[Si](C)(C)C)c1)c1cc(Br)ccc1OCc1ccccc1. The summed E-state index contributed by atoms with van der Waals surface area (Å²) in [5.41, 5.74) is 2.86. The van der Waals surface area contributed by atoms with E-state index in [2.05, 4.69) is 40.9 Å². The molecule has 1 saturated carbocycles. The van der Waals surface area contributed by atoms with Crippen molar-refractivity contribution >= 4 is 51.5 Å². The Morgan fingerprint density at radius 2 is 1.76 bits per heavy atom. The van der Waals surface area contributed by atoms with Crippen LogP contribution in [0.3, 0.4) is 0 Å². The lowest BCUT2D eigenvalue weighted by Gasteiger charge is -2.21. The first-order chi connectivity index (χ1) is 21.2. The quantitative estimate of drug-likeness (QED) is 0.170. The van der Waals surface area contributed by atoms with E-state index in [9.17, 15) is 18.0 Å². The van der Waals surface area contributed by atoms with E-state index >= 15 is 0 Å². The molecular formula is C34H43BrN2O6SSi. The zero-order valence-electron chi connectivity index (χ0n) is 26.6. The highest BCUT2D eigenvalue weighted by atomic mass is 79.9. The number of ether oxygens (including phenoxy) is 2. The average Bonchev–Trinajstić information content (AvgIpc) is 3.83. The molecule has 1 atom stereocenters. The second kappa shape index (κ2) is 15.0. The van der Waals surface area contributed by atoms with Crippen LogP contribution in [0.2, 0.25) is 25.7 Å². The fourth-order valence-electron chi connectivity index (χ4n) is 4.86. The van der Waals surface area contributed by atoms with Gasteiger partial charge >= 0.3 is 6.09 Å². The van der Waals surface area contributed by atoms with Gasteiger partial charge in [0, 0.05) is 31.7 Å². The van der Waals surface area contributed by atoms with Crippen LogP contribution in [-0.2, 0) is 32.5 Å². The van der Waals surface area contributed by atoms with Crippen molar-refractivity contribution in [1.82, 2.24) is 4.90 Å². The number of nitrogens with zero attached hydrogens (tertiary/aromatic N) is 1. The zero-order valence-corrected chi connectivity index (χ0v) is 30.0. The van der Waals surface area contributed by atoms with E-state index in [0.717, 1.165) is 21.6 Å². The maximum atomic E-state index is 13.3. The number of carbonyl (C=O) groups is 2. The standard InChI is InChI=1S/C34H43BrN2O6SSi/c1-24(30-21-27(35)11-15-31(30)43-23-25-9-7-6-8-10-25)19-33(38)36-28-12-16-32(44(40,41)29-13-14-29)26(20-28)22-37(2)34(39)42-17-18-45(3,4)5/h6-12,15-16,20-21,24,29H,13-14,17-19,22-23H2,1-5H3,(H,36,38). The van der Waals surface area contributed by atoms with Crippen LogP contribution >= 0.6 is 15.9 Å². The third-order valence-electron chi connectivity index (χ3n) is 7.64. The molecule has 3 aromatic carbocycles. The topological polar surface area (TPSA) is 102 Å². The van der Waals surface area contributed by atoms with Crippen molar-refractivity contribution in [2.75, 3.05) is 19.0 Å². The number of benzene rings is 3. The van der Waals surface area contributed by atoms with Crippen molar-refractivity contribution in [3.05, 3.63) is 87.9 Å². The van der Waals surface area contributed by atoms with Gasteiger partial charge in [0.2, 0.25) is 5.91 Å². The highest BCUT2D eigenvalue weighted by Crippen LogP contribution is 2.36. The average molecular weight is 716 g/mol. The second-order valence-corrected chi connectivity index (χ2v) is 21.7. The van der Waals surface area contributed by atoms with Gasteiger partial charge in [-0.2, -0.15) is 0 Å². The Morgan fingerprint density at radius 3 is 2.42 bits per heavy atom. The first-order valence-corrected chi connectivity index (χ1v) is 21.3. The molecule has 45 heavy (non-hydrogen) atoms. The molecule has 0 radical (unpaired) electrons. The summed E-state index contributed by atoms with van der Waals surface area (Å²) in [5.74, 6) is 0.317. The molecule has 0 heterocycles. The Kier molecular flexibility index (Phi) is 11.5. The number of amides is 2. The highest BCUT2D eigenvalue weighted by molar-refractivity contribution is 9.10. The van der Waals surface area contributed by atoms with Crippen LogP contribution in [-0.4, -0.2) is 52.3 Å². The molecule has 11 heteroatoms. The number of hydrogen-bond acceptors (Lipinski definition) is 6. The van der Waals surface area contributed by atoms with Gasteiger partial charge < -0.3 is 19.7 Å². The molecule has 1 aliphatic carbocycles. The highest BCUT2D eigenvalue weighted by Gasteiger charge is 2.38. The number of sulfone groups is 1. The molecule has 1 aliphatic rings. The molecule has 4 rings (SSSR count). The summed E-state index contributed by atoms with van der Waals surface area (Å²) in [4.78, 5) is 27.5. The lowest BCUT2D eigenvalue weighted by atomic mass is 9.96. The Balaban J connectivity index is 1.46. The smallest absolute Gasteiger partial charge is 0.409 e. The van der Waals surface area contributed by atoms with E-state index in [0.29, 0.717) is 43.1 Å². The van der Waals surface area contributed by atoms with Crippen LogP contribution in [0.25, 0.3) is 0 Å². The first kappa shape index (κ1) is 34.7. The third kappa shape index (κ3) is 10.2. The summed E-state index contributed by atoms with van der Waals surface area (Å²) < 4.78 is 39.0. The maximum absolute atomic E-state index is 13.3. The second-order valence-electron chi connectivity index (χ2n) is 13.0. The molecule has 8 nitrogen and oxygen atoms in total. The van der Waals surface area contributed by atoms with Gasteiger partial charge in [-0.15, -0.1) is 0 Å². The third-order valence-corrected chi connectivity index (χ3v) is 12.2. The predicted molar refractivity (Wildman–Crippen MR) is 184 cm³/mol. The van der Waals surface area contributed by atoms with Crippen LogP contribution in [0, 0.1) is 0 Å². The van der Waals surface area contributed by atoms with Crippen LogP contribution in [0.5, 0.6) is 5.75 Å². The van der Waals surface area contributed by atoms with Crippen molar-refractivity contribution in [3.8, 4) is 5.75 Å². The number of hydrogen-bond donors (Lipinski definition) is 1. The first-order valence-electron chi connectivity index (χ1n) is 15.2. The fraction of sp³-hybridized carbons (Fsp3) is 0.412. The minimum Gasteiger partial charge on any atom is -0.489 e. The zero-order chi connectivity index (χ0) is 32.8. The summed E-state index contributed by atoms with van der Waals surface area (Å²) in [6, 6.07) is 21.3. The molecule has 1 fully saturated rings. The van der Waals surface area contributed by atoms with Gasteiger partial charge in [-0.05, 0) is 77.9 Å². The van der Waals surface area contributed by atoms with Crippen molar-refractivity contribution < 1.29 is 27.5 Å². The van der Waals surface area contributed by atoms with E-state index in [1.165, 1.54) is 11.0 Å². The lowest BCUT2D eigenvalue weighted by Crippen LogP contribution is -2.30. The number of halogens is 1. The minimum atomic E-state index is -3.54. The molecule has 0 bridgehead atoms. The van der Waals surface area contributed by atoms with Crippen LogP contribution in [0.1, 0.15) is 48.8 Å². The number of carbonyl (C=O) groups excluding carboxylic acids is 2. The summed E-state index contributed by atoms with van der Waals surface area (Å²) in [6.07, 6.45) is 0.920. The van der Waals surface area contributed by atoms with E-state index in [4.69, 9.17) is 9.47 Å². The van der Waals surface area contributed by atoms with Gasteiger partial charge in [-0.1, -0.05) is 72.8 Å². The van der Waals surface area contributed by atoms with Crippen molar-refractivity contribution in [2.24, 2.45) is 0 Å². The number of nitrogens with one attached hydrogen (secondary N) is 1. The molecule has 2 amide bonds. The molecule has 0 spiro atoms. The van der Waals surface area contributed by atoms with Crippen LogP contribution < -0.4 is 10.1 Å². The predicted octanol–water partition coefficient (Wildman–Crippen LogP) is 8.00. The molecule has 0 aliphatic heterocycles. The Morgan fingerprint density at radius 1 is 1.04 bits per heavy atom. The van der Waals surface area contributed by atoms with Crippen molar-refractivity contribution in [2.45, 2.75) is 81.1 Å². The lowest BCUT2D eigenvalue weighted by molar-refractivity contribution is -0.116. The molecule has 1 unspecified atom stereocenters. The van der Waals surface area contributed by atoms with E-state index in [1.54, 1.807) is 19.2 Å². The normalized spacial score (nSPS) is 14.0. The summed E-state index contributed by atoms with van der Waals surface area (Å²) >= 11 is 3.54. The van der Waals surface area contributed by atoms with Gasteiger partial charge in [0.1, 0.15) is 12.4 Å². The summed E-state index contributed by atoms with van der Waals surface area (Å²) in [7, 11) is -3.33. The molecule has 3 aromatic rings. The van der Waals surface area contributed by atoms with E-state index in [-0.39, 0.29) is 29.7 Å². The van der Waals surface area contributed by atoms with Gasteiger partial charge in [0.05, 0.1) is 23.3 Å². The maximum Gasteiger partial charge on any atom is 0.409 e. The van der Waals surface area contributed by atoms with E-state index in [1.807, 2.05) is 55.5 Å².